The van der Waals surface area contributed by atoms with Crippen molar-refractivity contribution in [2.45, 2.75) is 11.3 Å². The van der Waals surface area contributed by atoms with Gasteiger partial charge >= 0.3 is 0 Å². The number of benzene rings is 1. The van der Waals surface area contributed by atoms with E-state index in [1.165, 1.54) is 24.3 Å². The van der Waals surface area contributed by atoms with Gasteiger partial charge in [0.05, 0.1) is 0 Å². The van der Waals surface area contributed by atoms with Crippen LogP contribution in [0, 0.1) is 0 Å². The Morgan fingerprint density at radius 3 is 2.57 bits per heavy atom. The van der Waals surface area contributed by atoms with E-state index in [4.69, 9.17) is 4.55 Å². The Bertz CT molecular complexity index is 448. The van der Waals surface area contributed by atoms with E-state index in [0.29, 0.717) is 5.56 Å². The molecule has 0 unspecified atom stereocenters. The summed E-state index contributed by atoms with van der Waals surface area (Å²) in [5.41, 5.74) is 0.322. The smallest absolute Gasteiger partial charge is 0.298 e. The average molecular weight is 214 g/mol. The third-order valence-corrected chi connectivity index (χ3v) is 2.69. The minimum atomic E-state index is -4.38. The van der Waals surface area contributed by atoms with Crippen LogP contribution in [-0.4, -0.2) is 18.1 Å². The number of phenols is 1. The second-order valence-corrected chi connectivity index (χ2v) is 4.09. The topological polar surface area (TPSA) is 74.6 Å². The lowest BCUT2D eigenvalue weighted by Gasteiger charge is -2.06. The summed E-state index contributed by atoms with van der Waals surface area (Å²) in [6, 6.07) is 4.21. The van der Waals surface area contributed by atoms with Gasteiger partial charge in [0.25, 0.3) is 10.1 Å². The van der Waals surface area contributed by atoms with Crippen LogP contribution < -0.4 is 0 Å². The van der Waals surface area contributed by atoms with Crippen LogP contribution in [0.2, 0.25) is 0 Å². The fourth-order valence-electron chi connectivity index (χ4n) is 1.19. The zero-order chi connectivity index (χ0) is 10.8. The van der Waals surface area contributed by atoms with Gasteiger partial charge in [0.15, 0.2) is 0 Å². The van der Waals surface area contributed by atoms with E-state index in [-0.39, 0.29) is 6.42 Å². The van der Waals surface area contributed by atoms with Crippen molar-refractivity contribution in [1.29, 1.82) is 0 Å². The zero-order valence-electron chi connectivity index (χ0n) is 7.34. The van der Waals surface area contributed by atoms with Crippen LogP contribution in [0.3, 0.4) is 0 Å². The Kier molecular flexibility index (Phi) is 2.93. The van der Waals surface area contributed by atoms with E-state index in [9.17, 15) is 13.5 Å². The summed E-state index contributed by atoms with van der Waals surface area (Å²) in [7, 11) is -4.38. The van der Waals surface area contributed by atoms with Gasteiger partial charge in [0, 0.05) is 0 Å². The Morgan fingerprint density at radius 2 is 2.07 bits per heavy atom. The van der Waals surface area contributed by atoms with Gasteiger partial charge in [-0.3, -0.25) is 4.55 Å². The number of hydrogen-bond donors (Lipinski definition) is 2. The van der Waals surface area contributed by atoms with E-state index in [1.807, 2.05) is 0 Å². The average Bonchev–Trinajstić information content (AvgIpc) is 2.02. The van der Waals surface area contributed by atoms with Crippen LogP contribution >= 0.6 is 0 Å². The van der Waals surface area contributed by atoms with E-state index >= 15 is 0 Å². The fourth-order valence-corrected chi connectivity index (χ4v) is 2.00. The van der Waals surface area contributed by atoms with Gasteiger partial charge in [-0.25, -0.2) is 0 Å². The number of aromatic hydroxyl groups is 1. The van der Waals surface area contributed by atoms with Gasteiger partial charge in [0.2, 0.25) is 0 Å². The third-order valence-electron chi connectivity index (χ3n) is 1.70. The molecule has 1 rings (SSSR count). The highest BCUT2D eigenvalue weighted by atomic mass is 32.2. The molecule has 0 aromatic heterocycles. The Hall–Kier alpha value is -1.33. The van der Waals surface area contributed by atoms with Crippen molar-refractivity contribution < 1.29 is 18.1 Å². The first-order valence-electron chi connectivity index (χ1n) is 3.86. The van der Waals surface area contributed by atoms with Gasteiger partial charge in [0.1, 0.15) is 10.6 Å². The standard InChI is InChI=1S/C9H10O4S/c1-2-4-7-5-3-6-8(10)9(7)14(11,12)13/h2-3,5-6,10H,1,4H2,(H,11,12,13). The van der Waals surface area contributed by atoms with Crippen molar-refractivity contribution in [3.63, 3.8) is 0 Å². The molecule has 1 aromatic rings. The predicted molar refractivity (Wildman–Crippen MR) is 51.8 cm³/mol. The molecule has 4 nitrogen and oxygen atoms in total. The van der Waals surface area contributed by atoms with E-state index < -0.39 is 20.8 Å². The molecule has 0 fully saturated rings. The molecule has 2 N–H and O–H groups in total. The first kappa shape index (κ1) is 10.7. The minimum Gasteiger partial charge on any atom is -0.506 e. The zero-order valence-corrected chi connectivity index (χ0v) is 8.16. The molecule has 0 heterocycles. The highest BCUT2D eigenvalue weighted by Gasteiger charge is 2.18. The van der Waals surface area contributed by atoms with Gasteiger partial charge < -0.3 is 5.11 Å². The minimum absolute atomic E-state index is 0.267. The molecule has 0 aliphatic carbocycles. The first-order valence-corrected chi connectivity index (χ1v) is 5.30. The van der Waals surface area contributed by atoms with Crippen LogP contribution in [-0.2, 0) is 16.5 Å². The molecule has 0 bridgehead atoms. The summed E-state index contributed by atoms with van der Waals surface area (Å²) in [6.07, 6.45) is 1.76. The number of phenolic OH excluding ortho intramolecular Hbond substituents is 1. The lowest BCUT2D eigenvalue weighted by molar-refractivity contribution is 0.441. The Labute approximate surface area is 82.3 Å². The van der Waals surface area contributed by atoms with Crippen LogP contribution in [0.25, 0.3) is 0 Å². The lowest BCUT2D eigenvalue weighted by atomic mass is 10.1. The van der Waals surface area contributed by atoms with E-state index in [1.54, 1.807) is 0 Å². The van der Waals surface area contributed by atoms with Crippen LogP contribution in [0.4, 0.5) is 0 Å². The van der Waals surface area contributed by atoms with Crippen LogP contribution in [0.1, 0.15) is 5.56 Å². The molecule has 1 aromatic carbocycles. The highest BCUT2D eigenvalue weighted by Crippen LogP contribution is 2.26. The van der Waals surface area contributed by atoms with Crippen molar-refractivity contribution in [1.82, 2.24) is 0 Å². The SMILES string of the molecule is C=CCc1cccc(O)c1S(=O)(=O)O. The predicted octanol–water partition coefficient (Wildman–Crippen LogP) is 1.37. The summed E-state index contributed by atoms with van der Waals surface area (Å²) in [5.74, 6) is -0.452. The number of allylic oxidation sites excluding steroid dienone is 1. The molecule has 5 heteroatoms. The van der Waals surface area contributed by atoms with Crippen molar-refractivity contribution >= 4 is 10.1 Å². The second-order valence-electron chi connectivity index (χ2n) is 2.73. The monoisotopic (exact) mass is 214 g/mol. The molecule has 0 aliphatic rings. The van der Waals surface area contributed by atoms with Gasteiger partial charge in [-0.2, -0.15) is 8.42 Å². The summed E-state index contributed by atoms with van der Waals surface area (Å²) < 4.78 is 30.7. The second kappa shape index (κ2) is 3.81. The molecule has 0 saturated carbocycles. The van der Waals surface area contributed by atoms with Gasteiger partial charge in [-0.15, -0.1) is 6.58 Å². The molecule has 0 amide bonds. The highest BCUT2D eigenvalue weighted by molar-refractivity contribution is 7.86. The third kappa shape index (κ3) is 2.12. The normalized spacial score (nSPS) is 11.2. The molecule has 0 aliphatic heterocycles. The fraction of sp³-hybridized carbons (Fsp3) is 0.111. The largest absolute Gasteiger partial charge is 0.506 e. The molecule has 0 radical (unpaired) electrons. The summed E-state index contributed by atoms with van der Waals surface area (Å²) in [5, 5.41) is 9.28. The van der Waals surface area contributed by atoms with Crippen LogP contribution in [0.5, 0.6) is 5.75 Å². The molecule has 0 spiro atoms. The molecular weight excluding hydrogens is 204 g/mol. The summed E-state index contributed by atoms with van der Waals surface area (Å²) >= 11 is 0. The summed E-state index contributed by atoms with van der Waals surface area (Å²) in [6.45, 7) is 3.45. The quantitative estimate of drug-likeness (QED) is 0.588. The molecule has 0 atom stereocenters. The number of hydrogen-bond acceptors (Lipinski definition) is 3. The van der Waals surface area contributed by atoms with E-state index in [0.717, 1.165) is 0 Å². The maximum Gasteiger partial charge on any atom is 0.298 e. The molecule has 14 heavy (non-hydrogen) atoms. The van der Waals surface area contributed by atoms with Gasteiger partial charge in [-0.05, 0) is 18.1 Å². The van der Waals surface area contributed by atoms with Crippen molar-refractivity contribution in [2.24, 2.45) is 0 Å². The van der Waals surface area contributed by atoms with Crippen LogP contribution in [0.15, 0.2) is 35.7 Å². The van der Waals surface area contributed by atoms with E-state index in [2.05, 4.69) is 6.58 Å². The van der Waals surface area contributed by atoms with Crippen molar-refractivity contribution in [2.75, 3.05) is 0 Å². The molecular formula is C9H10O4S. The summed E-state index contributed by atoms with van der Waals surface area (Å²) in [4.78, 5) is -0.445. The Balaban J connectivity index is 3.45. The maximum absolute atomic E-state index is 10.9. The Morgan fingerprint density at radius 1 is 1.43 bits per heavy atom. The molecule has 76 valence electrons. The first-order chi connectivity index (χ1) is 6.46. The molecule has 0 saturated heterocycles. The lowest BCUT2D eigenvalue weighted by Crippen LogP contribution is -2.03. The van der Waals surface area contributed by atoms with Gasteiger partial charge in [-0.1, -0.05) is 18.2 Å². The van der Waals surface area contributed by atoms with Crippen molar-refractivity contribution in [3.8, 4) is 5.75 Å². The number of rotatable bonds is 3. The van der Waals surface area contributed by atoms with Crippen molar-refractivity contribution in [3.05, 3.63) is 36.4 Å². The maximum atomic E-state index is 10.9.